The normalized spacial score (nSPS) is 11.2. The van der Waals surface area contributed by atoms with E-state index in [1.165, 1.54) is 25.3 Å². The lowest BCUT2D eigenvalue weighted by molar-refractivity contribution is -0.115. The Balaban J connectivity index is 2.04. The molecule has 0 saturated heterocycles. The average Bonchev–Trinajstić information content (AvgIpc) is 2.60. The first-order chi connectivity index (χ1) is 11.9. The third-order valence-corrected chi connectivity index (χ3v) is 5.76. The summed E-state index contributed by atoms with van der Waals surface area (Å²) in [4.78, 5) is 12.2. The fourth-order valence-electron chi connectivity index (χ4n) is 2.35. The molecule has 2 rings (SSSR count). The molecule has 134 valence electrons. The molecule has 2 aromatic rings. The van der Waals surface area contributed by atoms with Gasteiger partial charge in [0, 0.05) is 12.1 Å². The van der Waals surface area contributed by atoms with Crippen molar-refractivity contribution in [2.45, 2.75) is 24.7 Å². The Kier molecular flexibility index (Phi) is 6.45. The van der Waals surface area contributed by atoms with Crippen LogP contribution in [0.3, 0.4) is 0 Å². The lowest BCUT2D eigenvalue weighted by Crippen LogP contribution is -2.18. The van der Waals surface area contributed by atoms with E-state index in [4.69, 9.17) is 16.3 Å². The molecule has 25 heavy (non-hydrogen) atoms. The number of methoxy groups -OCH3 is 1. The van der Waals surface area contributed by atoms with Gasteiger partial charge in [0.1, 0.15) is 5.75 Å². The van der Waals surface area contributed by atoms with E-state index < -0.39 is 9.84 Å². The second-order valence-corrected chi connectivity index (χ2v) is 7.94. The number of carbonyl (C=O) groups is 1. The van der Waals surface area contributed by atoms with Crippen LogP contribution in [0.5, 0.6) is 5.75 Å². The number of rotatable bonds is 7. The topological polar surface area (TPSA) is 72.5 Å². The molecule has 0 aliphatic rings. The van der Waals surface area contributed by atoms with Crippen molar-refractivity contribution in [3.8, 4) is 5.75 Å². The van der Waals surface area contributed by atoms with E-state index in [-0.39, 0.29) is 28.0 Å². The summed E-state index contributed by atoms with van der Waals surface area (Å²) in [5.74, 6) is -0.242. The summed E-state index contributed by atoms with van der Waals surface area (Å²) in [6, 6.07) is 11.7. The number of para-hydroxylation sites is 1. The number of hydrogen-bond donors (Lipinski definition) is 1. The van der Waals surface area contributed by atoms with Crippen LogP contribution in [0.4, 0.5) is 5.69 Å². The number of sulfone groups is 1. The molecule has 0 bridgehead atoms. The smallest absolute Gasteiger partial charge is 0.225 e. The summed E-state index contributed by atoms with van der Waals surface area (Å²) in [6.07, 6.45) is 0.642. The van der Waals surface area contributed by atoms with E-state index in [9.17, 15) is 13.2 Å². The molecule has 5 nitrogen and oxygen atoms in total. The van der Waals surface area contributed by atoms with Gasteiger partial charge < -0.3 is 10.1 Å². The summed E-state index contributed by atoms with van der Waals surface area (Å²) in [6.45, 7) is 1.99. The van der Waals surface area contributed by atoms with E-state index in [1.54, 1.807) is 6.07 Å². The highest BCUT2D eigenvalue weighted by Crippen LogP contribution is 2.27. The van der Waals surface area contributed by atoms with Crippen molar-refractivity contribution in [2.75, 3.05) is 18.2 Å². The Morgan fingerprint density at radius 1 is 1.20 bits per heavy atom. The number of hydrogen-bond acceptors (Lipinski definition) is 4. The van der Waals surface area contributed by atoms with Crippen molar-refractivity contribution in [1.29, 1.82) is 0 Å². The number of ether oxygens (including phenoxy) is 1. The second-order valence-electron chi connectivity index (χ2n) is 5.42. The highest BCUT2D eigenvalue weighted by atomic mass is 35.5. The highest BCUT2D eigenvalue weighted by Gasteiger charge is 2.18. The highest BCUT2D eigenvalue weighted by molar-refractivity contribution is 7.91. The van der Waals surface area contributed by atoms with Crippen molar-refractivity contribution < 1.29 is 17.9 Å². The minimum absolute atomic E-state index is 0.0695. The van der Waals surface area contributed by atoms with Crippen LogP contribution in [0.25, 0.3) is 0 Å². The molecule has 2 aromatic carbocycles. The number of nitrogens with one attached hydrogen (secondary N) is 1. The fraction of sp³-hybridized carbons (Fsp3) is 0.278. The van der Waals surface area contributed by atoms with Crippen molar-refractivity contribution in [1.82, 2.24) is 0 Å². The standard InChI is InChI=1S/C18H20ClNO4S/c1-3-13-6-4-5-7-16(13)20-18(21)10-11-25(22,23)14-8-9-17(24-2)15(19)12-14/h4-9,12H,3,10-11H2,1-2H3,(H,20,21). The molecule has 1 amide bonds. The quantitative estimate of drug-likeness (QED) is 0.793. The lowest BCUT2D eigenvalue weighted by atomic mass is 10.1. The van der Waals surface area contributed by atoms with Crippen LogP contribution in [0.2, 0.25) is 5.02 Å². The largest absolute Gasteiger partial charge is 0.495 e. The number of halogens is 1. The van der Waals surface area contributed by atoms with Crippen LogP contribution < -0.4 is 10.1 Å². The Morgan fingerprint density at radius 3 is 2.56 bits per heavy atom. The minimum Gasteiger partial charge on any atom is -0.495 e. The first-order valence-corrected chi connectivity index (χ1v) is 9.84. The summed E-state index contributed by atoms with van der Waals surface area (Å²) in [5.41, 5.74) is 1.71. The van der Waals surface area contributed by atoms with Gasteiger partial charge in [0.15, 0.2) is 9.84 Å². The molecule has 0 heterocycles. The van der Waals surface area contributed by atoms with Gasteiger partial charge in [-0.15, -0.1) is 0 Å². The number of amides is 1. The number of anilines is 1. The maximum absolute atomic E-state index is 12.4. The molecule has 0 aliphatic carbocycles. The second kappa shape index (κ2) is 8.36. The molecular formula is C18H20ClNO4S. The monoisotopic (exact) mass is 381 g/mol. The lowest BCUT2D eigenvalue weighted by Gasteiger charge is -2.10. The van der Waals surface area contributed by atoms with Crippen molar-refractivity contribution in [3.63, 3.8) is 0 Å². The third-order valence-electron chi connectivity index (χ3n) is 3.75. The van der Waals surface area contributed by atoms with Gasteiger partial charge in [-0.3, -0.25) is 4.79 Å². The molecular weight excluding hydrogens is 362 g/mol. The first kappa shape index (κ1) is 19.3. The van der Waals surface area contributed by atoms with Gasteiger partial charge in [-0.25, -0.2) is 8.42 Å². The van der Waals surface area contributed by atoms with Gasteiger partial charge in [0.2, 0.25) is 5.91 Å². The predicted octanol–water partition coefficient (Wildman–Crippen LogP) is 3.71. The molecule has 0 atom stereocenters. The van der Waals surface area contributed by atoms with Crippen LogP contribution in [-0.2, 0) is 21.1 Å². The van der Waals surface area contributed by atoms with Crippen molar-refractivity contribution in [2.24, 2.45) is 0 Å². The fourth-order valence-corrected chi connectivity index (χ4v) is 3.93. The predicted molar refractivity (Wildman–Crippen MR) is 99.1 cm³/mol. The zero-order valence-corrected chi connectivity index (χ0v) is 15.7. The van der Waals surface area contributed by atoms with E-state index in [2.05, 4.69) is 5.32 Å². The molecule has 0 spiro atoms. The van der Waals surface area contributed by atoms with Crippen LogP contribution >= 0.6 is 11.6 Å². The third kappa shape index (κ3) is 4.96. The molecule has 0 aromatic heterocycles. The molecule has 0 saturated carbocycles. The molecule has 0 radical (unpaired) electrons. The number of carbonyl (C=O) groups excluding carboxylic acids is 1. The van der Waals surface area contributed by atoms with E-state index in [0.29, 0.717) is 11.4 Å². The molecule has 0 fully saturated rings. The Labute approximate surface area is 152 Å². The van der Waals surface area contributed by atoms with Gasteiger partial charge in [-0.05, 0) is 36.2 Å². The Morgan fingerprint density at radius 2 is 1.92 bits per heavy atom. The van der Waals surface area contributed by atoms with E-state index in [1.807, 2.05) is 25.1 Å². The van der Waals surface area contributed by atoms with Crippen LogP contribution in [0, 0.1) is 0 Å². The molecule has 0 unspecified atom stereocenters. The SMILES string of the molecule is CCc1ccccc1NC(=O)CCS(=O)(=O)c1ccc(OC)c(Cl)c1. The van der Waals surface area contributed by atoms with E-state index in [0.717, 1.165) is 12.0 Å². The zero-order chi connectivity index (χ0) is 18.4. The summed E-state index contributed by atoms with van der Waals surface area (Å²) >= 11 is 5.97. The average molecular weight is 382 g/mol. The van der Waals surface area contributed by atoms with Gasteiger partial charge in [-0.2, -0.15) is 0 Å². The zero-order valence-electron chi connectivity index (χ0n) is 14.1. The minimum atomic E-state index is -3.61. The molecule has 1 N–H and O–H groups in total. The van der Waals surface area contributed by atoms with Crippen LogP contribution in [0.15, 0.2) is 47.4 Å². The number of benzene rings is 2. The van der Waals surface area contributed by atoms with Crippen molar-refractivity contribution in [3.05, 3.63) is 53.1 Å². The maximum atomic E-state index is 12.4. The first-order valence-electron chi connectivity index (χ1n) is 7.81. The van der Waals surface area contributed by atoms with Crippen molar-refractivity contribution >= 4 is 33.0 Å². The van der Waals surface area contributed by atoms with Gasteiger partial charge in [-0.1, -0.05) is 36.7 Å². The Bertz CT molecular complexity index is 865. The Hall–Kier alpha value is -2.05. The van der Waals surface area contributed by atoms with Gasteiger partial charge in [0.05, 0.1) is 22.8 Å². The van der Waals surface area contributed by atoms with E-state index >= 15 is 0 Å². The van der Waals surface area contributed by atoms with Gasteiger partial charge in [0.25, 0.3) is 0 Å². The maximum Gasteiger partial charge on any atom is 0.225 e. The molecule has 0 aliphatic heterocycles. The summed E-state index contributed by atoms with van der Waals surface area (Å²) in [5, 5.41) is 2.98. The number of aryl methyl sites for hydroxylation is 1. The van der Waals surface area contributed by atoms with Gasteiger partial charge >= 0.3 is 0 Å². The van der Waals surface area contributed by atoms with Crippen LogP contribution in [-0.4, -0.2) is 27.2 Å². The summed E-state index contributed by atoms with van der Waals surface area (Å²) in [7, 11) is -2.16. The van der Waals surface area contributed by atoms with Crippen LogP contribution in [0.1, 0.15) is 18.9 Å². The molecule has 7 heteroatoms. The summed E-state index contributed by atoms with van der Waals surface area (Å²) < 4.78 is 29.8.